The van der Waals surface area contributed by atoms with E-state index in [2.05, 4.69) is 20.9 Å². The molecular formula is C15H17N5O3. The monoisotopic (exact) mass is 315 g/mol. The van der Waals surface area contributed by atoms with Crippen LogP contribution >= 0.6 is 0 Å². The average Bonchev–Trinajstić information content (AvgIpc) is 2.57. The van der Waals surface area contributed by atoms with Gasteiger partial charge in [-0.25, -0.2) is 4.68 Å². The summed E-state index contributed by atoms with van der Waals surface area (Å²) in [6.07, 6.45) is 1.34. The topological polar surface area (TPSA) is 106 Å². The summed E-state index contributed by atoms with van der Waals surface area (Å²) in [7, 11) is 0. The summed E-state index contributed by atoms with van der Waals surface area (Å²) in [6, 6.07) is 6.96. The molecule has 120 valence electrons. The van der Waals surface area contributed by atoms with Crippen LogP contribution in [0.2, 0.25) is 0 Å². The number of carbonyl (C=O) groups excluding carboxylic acids is 2. The SMILES string of the molecule is O=C1NCCCC1C(=O)NCCn1nnc2ccccc2c1=O. The van der Waals surface area contributed by atoms with Crippen LogP contribution in [0.25, 0.3) is 10.9 Å². The first-order valence-corrected chi connectivity index (χ1v) is 7.55. The van der Waals surface area contributed by atoms with Gasteiger partial charge in [0.25, 0.3) is 5.56 Å². The summed E-state index contributed by atoms with van der Waals surface area (Å²) in [6.45, 7) is 1.04. The molecule has 0 radical (unpaired) electrons. The quantitative estimate of drug-likeness (QED) is 0.735. The van der Waals surface area contributed by atoms with Gasteiger partial charge in [0.15, 0.2) is 0 Å². The zero-order valence-electron chi connectivity index (χ0n) is 12.5. The Kier molecular flexibility index (Phi) is 4.31. The van der Waals surface area contributed by atoms with Crippen molar-refractivity contribution in [1.82, 2.24) is 25.6 Å². The summed E-state index contributed by atoms with van der Waals surface area (Å²) in [4.78, 5) is 35.9. The van der Waals surface area contributed by atoms with Gasteiger partial charge < -0.3 is 10.6 Å². The van der Waals surface area contributed by atoms with Gasteiger partial charge in [-0.05, 0) is 25.0 Å². The smallest absolute Gasteiger partial charge is 0.277 e. The van der Waals surface area contributed by atoms with E-state index in [4.69, 9.17) is 0 Å². The molecule has 1 atom stereocenters. The number of nitrogens with one attached hydrogen (secondary N) is 2. The van der Waals surface area contributed by atoms with Crippen LogP contribution in [-0.4, -0.2) is 39.9 Å². The molecule has 8 nitrogen and oxygen atoms in total. The number of piperidine rings is 1. The van der Waals surface area contributed by atoms with Gasteiger partial charge in [-0.15, -0.1) is 5.10 Å². The predicted molar refractivity (Wildman–Crippen MR) is 82.5 cm³/mol. The number of benzene rings is 1. The van der Waals surface area contributed by atoms with Crippen molar-refractivity contribution in [2.75, 3.05) is 13.1 Å². The first kappa shape index (κ1) is 15.1. The van der Waals surface area contributed by atoms with Crippen LogP contribution in [0, 0.1) is 5.92 Å². The van der Waals surface area contributed by atoms with E-state index in [0.29, 0.717) is 23.9 Å². The van der Waals surface area contributed by atoms with E-state index in [1.54, 1.807) is 24.3 Å². The second-order valence-corrected chi connectivity index (χ2v) is 5.41. The van der Waals surface area contributed by atoms with Crippen molar-refractivity contribution in [3.63, 3.8) is 0 Å². The van der Waals surface area contributed by atoms with Crippen LogP contribution in [0.5, 0.6) is 0 Å². The highest BCUT2D eigenvalue weighted by molar-refractivity contribution is 6.00. The number of fused-ring (bicyclic) bond motifs is 1. The van der Waals surface area contributed by atoms with Crippen LogP contribution in [0.15, 0.2) is 29.1 Å². The summed E-state index contributed by atoms with van der Waals surface area (Å²) < 4.78 is 1.21. The Balaban J connectivity index is 1.62. The highest BCUT2D eigenvalue weighted by atomic mass is 16.2. The van der Waals surface area contributed by atoms with Crippen molar-refractivity contribution >= 4 is 22.7 Å². The third kappa shape index (κ3) is 3.20. The Hall–Kier alpha value is -2.77. The van der Waals surface area contributed by atoms with Gasteiger partial charge in [0, 0.05) is 13.1 Å². The van der Waals surface area contributed by atoms with Crippen molar-refractivity contribution in [2.24, 2.45) is 5.92 Å². The van der Waals surface area contributed by atoms with E-state index < -0.39 is 5.92 Å². The number of amides is 2. The van der Waals surface area contributed by atoms with Gasteiger partial charge in [-0.2, -0.15) is 0 Å². The number of carbonyl (C=O) groups is 2. The highest BCUT2D eigenvalue weighted by Gasteiger charge is 2.28. The Morgan fingerprint density at radius 2 is 2.17 bits per heavy atom. The molecule has 1 aromatic heterocycles. The zero-order valence-corrected chi connectivity index (χ0v) is 12.5. The zero-order chi connectivity index (χ0) is 16.2. The summed E-state index contributed by atoms with van der Waals surface area (Å²) in [5, 5.41) is 13.7. The van der Waals surface area contributed by atoms with Crippen molar-refractivity contribution in [3.05, 3.63) is 34.6 Å². The number of rotatable bonds is 4. The van der Waals surface area contributed by atoms with E-state index in [1.165, 1.54) is 4.68 Å². The molecule has 2 aromatic rings. The van der Waals surface area contributed by atoms with Gasteiger partial charge >= 0.3 is 0 Å². The summed E-state index contributed by atoms with van der Waals surface area (Å²) >= 11 is 0. The van der Waals surface area contributed by atoms with E-state index in [-0.39, 0.29) is 30.5 Å². The average molecular weight is 315 g/mol. The number of nitrogens with zero attached hydrogens (tertiary/aromatic N) is 3. The van der Waals surface area contributed by atoms with Gasteiger partial charge in [-0.3, -0.25) is 14.4 Å². The molecular weight excluding hydrogens is 298 g/mol. The Morgan fingerprint density at radius 1 is 1.35 bits per heavy atom. The van der Waals surface area contributed by atoms with Gasteiger partial charge in [0.05, 0.1) is 11.9 Å². The second-order valence-electron chi connectivity index (χ2n) is 5.41. The molecule has 1 unspecified atom stereocenters. The molecule has 0 bridgehead atoms. The van der Waals surface area contributed by atoms with Crippen LogP contribution in [0.1, 0.15) is 12.8 Å². The molecule has 1 aromatic carbocycles. The molecule has 8 heteroatoms. The van der Waals surface area contributed by atoms with Crippen LogP contribution < -0.4 is 16.2 Å². The fourth-order valence-electron chi connectivity index (χ4n) is 2.60. The number of hydrogen-bond donors (Lipinski definition) is 2. The van der Waals surface area contributed by atoms with E-state index >= 15 is 0 Å². The molecule has 2 heterocycles. The van der Waals surface area contributed by atoms with Crippen molar-refractivity contribution in [1.29, 1.82) is 0 Å². The molecule has 1 fully saturated rings. The lowest BCUT2D eigenvalue weighted by Crippen LogP contribution is -2.45. The maximum Gasteiger partial charge on any atom is 0.277 e. The van der Waals surface area contributed by atoms with E-state index in [0.717, 1.165) is 6.42 Å². The molecule has 1 aliphatic heterocycles. The Bertz CT molecular complexity index is 801. The lowest BCUT2D eigenvalue weighted by atomic mass is 9.98. The lowest BCUT2D eigenvalue weighted by Gasteiger charge is -2.20. The lowest BCUT2D eigenvalue weighted by molar-refractivity contribution is -0.136. The molecule has 23 heavy (non-hydrogen) atoms. The summed E-state index contributed by atoms with van der Waals surface area (Å²) in [5.74, 6) is -1.21. The largest absolute Gasteiger partial charge is 0.355 e. The predicted octanol–water partition coefficient (Wildman–Crippen LogP) is -0.566. The Morgan fingerprint density at radius 3 is 3.00 bits per heavy atom. The molecule has 3 rings (SSSR count). The summed E-state index contributed by atoms with van der Waals surface area (Å²) in [5.41, 5.74) is 0.289. The molecule has 0 aliphatic carbocycles. The molecule has 0 spiro atoms. The fraction of sp³-hybridized carbons (Fsp3) is 0.400. The van der Waals surface area contributed by atoms with E-state index in [9.17, 15) is 14.4 Å². The first-order valence-electron chi connectivity index (χ1n) is 7.55. The van der Waals surface area contributed by atoms with Crippen molar-refractivity contribution in [2.45, 2.75) is 19.4 Å². The Labute approximate surface area is 131 Å². The minimum Gasteiger partial charge on any atom is -0.355 e. The highest BCUT2D eigenvalue weighted by Crippen LogP contribution is 2.11. The molecule has 0 saturated carbocycles. The van der Waals surface area contributed by atoms with Crippen LogP contribution in [-0.2, 0) is 16.1 Å². The van der Waals surface area contributed by atoms with Gasteiger partial charge in [0.1, 0.15) is 11.4 Å². The molecule has 1 saturated heterocycles. The molecule has 2 amide bonds. The van der Waals surface area contributed by atoms with Crippen LogP contribution in [0.3, 0.4) is 0 Å². The van der Waals surface area contributed by atoms with Gasteiger partial charge in [0.2, 0.25) is 11.8 Å². The third-order valence-corrected chi connectivity index (χ3v) is 3.85. The molecule has 2 N–H and O–H groups in total. The van der Waals surface area contributed by atoms with E-state index in [1.807, 2.05) is 0 Å². The minimum atomic E-state index is -0.650. The first-order chi connectivity index (χ1) is 11.2. The van der Waals surface area contributed by atoms with Gasteiger partial charge in [-0.1, -0.05) is 17.3 Å². The molecule has 1 aliphatic rings. The maximum atomic E-state index is 12.2. The number of hydrogen-bond acceptors (Lipinski definition) is 5. The normalized spacial score (nSPS) is 17.7. The van der Waals surface area contributed by atoms with Crippen molar-refractivity contribution in [3.8, 4) is 0 Å². The third-order valence-electron chi connectivity index (χ3n) is 3.85. The van der Waals surface area contributed by atoms with Crippen LogP contribution in [0.4, 0.5) is 0 Å². The minimum absolute atomic E-state index is 0.205. The fourth-order valence-corrected chi connectivity index (χ4v) is 2.60. The standard InChI is InChI=1S/C15H17N5O3/c21-13-11(5-3-7-16-13)14(22)17-8-9-20-15(23)10-4-1-2-6-12(10)18-19-20/h1-2,4,6,11H,3,5,7-9H2,(H,16,21)(H,17,22). The van der Waals surface area contributed by atoms with Crippen molar-refractivity contribution < 1.29 is 9.59 Å². The second kappa shape index (κ2) is 6.55. The number of aromatic nitrogens is 3. The maximum absolute atomic E-state index is 12.2.